The number of carbonyl (C=O) groups is 1. The van der Waals surface area contributed by atoms with Gasteiger partial charge in [0.2, 0.25) is 5.91 Å². The molecular formula is C23H29N3O2. The van der Waals surface area contributed by atoms with Crippen molar-refractivity contribution in [1.29, 1.82) is 0 Å². The zero-order valence-electron chi connectivity index (χ0n) is 16.6. The van der Waals surface area contributed by atoms with E-state index in [4.69, 9.17) is 4.74 Å². The van der Waals surface area contributed by atoms with Gasteiger partial charge in [-0.3, -0.25) is 14.7 Å². The molecule has 3 aliphatic heterocycles. The van der Waals surface area contributed by atoms with Crippen LogP contribution < -0.4 is 4.74 Å². The Morgan fingerprint density at radius 2 is 1.96 bits per heavy atom. The minimum Gasteiger partial charge on any atom is -0.494 e. The standard InChI is InChI=1S/C23H29N3O2/c1-2-28-22-9-6-18(7-10-22)12-23(27)26-16-20-5-8-21(26)17-25(15-20)14-19-4-3-11-24-13-19/h3-4,6-7,9-11,13,20-21H,2,5,8,12,14-17H2,1H3/t20-,21+/m0/s1. The average Bonchev–Trinajstić information content (AvgIpc) is 3.01. The zero-order chi connectivity index (χ0) is 19.3. The molecule has 1 aromatic heterocycles. The Kier molecular flexibility index (Phi) is 5.91. The second-order valence-electron chi connectivity index (χ2n) is 7.95. The summed E-state index contributed by atoms with van der Waals surface area (Å²) in [6, 6.07) is 12.4. The number of piperidine rings is 1. The summed E-state index contributed by atoms with van der Waals surface area (Å²) in [5, 5.41) is 0. The van der Waals surface area contributed by atoms with E-state index in [1.165, 1.54) is 12.0 Å². The number of fused-ring (bicyclic) bond motifs is 4. The molecular weight excluding hydrogens is 350 g/mol. The molecule has 2 atom stereocenters. The molecule has 5 heteroatoms. The first-order valence-corrected chi connectivity index (χ1v) is 10.3. The predicted octanol–water partition coefficient (Wildman–Crippen LogP) is 3.15. The van der Waals surface area contributed by atoms with E-state index in [2.05, 4.69) is 20.9 Å². The topological polar surface area (TPSA) is 45.7 Å². The van der Waals surface area contributed by atoms with E-state index in [-0.39, 0.29) is 5.91 Å². The Labute approximate surface area is 167 Å². The van der Waals surface area contributed by atoms with Crippen molar-refractivity contribution in [2.24, 2.45) is 5.92 Å². The molecule has 28 heavy (non-hydrogen) atoms. The smallest absolute Gasteiger partial charge is 0.227 e. The highest BCUT2D eigenvalue weighted by Gasteiger charge is 2.36. The van der Waals surface area contributed by atoms with Gasteiger partial charge in [-0.15, -0.1) is 0 Å². The maximum absolute atomic E-state index is 13.1. The molecule has 0 aliphatic carbocycles. The highest BCUT2D eigenvalue weighted by atomic mass is 16.5. The third kappa shape index (κ3) is 4.53. The van der Waals surface area contributed by atoms with Crippen LogP contribution in [0, 0.1) is 5.92 Å². The molecule has 2 bridgehead atoms. The fourth-order valence-electron chi connectivity index (χ4n) is 4.51. The monoisotopic (exact) mass is 379 g/mol. The highest BCUT2D eigenvalue weighted by Crippen LogP contribution is 2.29. The van der Waals surface area contributed by atoms with E-state index >= 15 is 0 Å². The molecule has 4 heterocycles. The highest BCUT2D eigenvalue weighted by molar-refractivity contribution is 5.79. The Hall–Kier alpha value is -2.40. The van der Waals surface area contributed by atoms with Gasteiger partial charge in [-0.25, -0.2) is 0 Å². The summed E-state index contributed by atoms with van der Waals surface area (Å²) >= 11 is 0. The van der Waals surface area contributed by atoms with Crippen LogP contribution in [0.2, 0.25) is 0 Å². The Balaban J connectivity index is 1.39. The van der Waals surface area contributed by atoms with Crippen molar-refractivity contribution in [1.82, 2.24) is 14.8 Å². The number of pyridine rings is 1. The van der Waals surface area contributed by atoms with Crippen LogP contribution in [0.3, 0.4) is 0 Å². The molecule has 0 spiro atoms. The first kappa shape index (κ1) is 18.9. The van der Waals surface area contributed by atoms with Crippen LogP contribution in [0.1, 0.15) is 30.9 Å². The summed E-state index contributed by atoms with van der Waals surface area (Å²) in [4.78, 5) is 21.9. The molecule has 5 nitrogen and oxygen atoms in total. The zero-order valence-corrected chi connectivity index (χ0v) is 16.6. The SMILES string of the molecule is CCOc1ccc(CC(=O)N2C[C@H]3CC[C@@H]2CN(Cc2cccnc2)C3)cc1. The van der Waals surface area contributed by atoms with Gasteiger partial charge in [-0.05, 0) is 55.0 Å². The third-order valence-corrected chi connectivity index (χ3v) is 5.83. The van der Waals surface area contributed by atoms with Crippen molar-refractivity contribution in [2.45, 2.75) is 38.8 Å². The number of carbonyl (C=O) groups excluding carboxylic acids is 1. The number of hydrogen-bond acceptors (Lipinski definition) is 4. The molecule has 0 N–H and O–H groups in total. The van der Waals surface area contributed by atoms with Gasteiger partial charge in [0.15, 0.2) is 0 Å². The van der Waals surface area contributed by atoms with Crippen molar-refractivity contribution >= 4 is 5.91 Å². The first-order chi connectivity index (χ1) is 13.7. The van der Waals surface area contributed by atoms with Crippen molar-refractivity contribution in [2.75, 3.05) is 26.2 Å². The Morgan fingerprint density at radius 3 is 2.71 bits per heavy atom. The van der Waals surface area contributed by atoms with Gasteiger partial charge in [0.1, 0.15) is 5.75 Å². The summed E-state index contributed by atoms with van der Waals surface area (Å²) in [5.74, 6) is 1.68. The maximum atomic E-state index is 13.1. The van der Waals surface area contributed by atoms with Crippen molar-refractivity contribution in [3.63, 3.8) is 0 Å². The van der Waals surface area contributed by atoms with Gasteiger partial charge in [0.25, 0.3) is 0 Å². The number of nitrogens with zero attached hydrogens (tertiary/aromatic N) is 3. The van der Waals surface area contributed by atoms with Gasteiger partial charge < -0.3 is 9.64 Å². The average molecular weight is 380 g/mol. The first-order valence-electron chi connectivity index (χ1n) is 10.3. The van der Waals surface area contributed by atoms with Crippen LogP contribution in [0.5, 0.6) is 5.75 Å². The van der Waals surface area contributed by atoms with Crippen LogP contribution in [0.25, 0.3) is 0 Å². The van der Waals surface area contributed by atoms with E-state index in [1.807, 2.05) is 49.6 Å². The summed E-state index contributed by atoms with van der Waals surface area (Å²) in [6.07, 6.45) is 6.57. The summed E-state index contributed by atoms with van der Waals surface area (Å²) in [7, 11) is 0. The maximum Gasteiger partial charge on any atom is 0.227 e. The molecule has 1 amide bonds. The molecule has 0 saturated carbocycles. The van der Waals surface area contributed by atoms with Crippen LogP contribution in [0.15, 0.2) is 48.8 Å². The van der Waals surface area contributed by atoms with E-state index < -0.39 is 0 Å². The molecule has 3 fully saturated rings. The van der Waals surface area contributed by atoms with Crippen molar-refractivity contribution < 1.29 is 9.53 Å². The van der Waals surface area contributed by atoms with E-state index in [1.54, 1.807) is 0 Å². The molecule has 2 aromatic rings. The van der Waals surface area contributed by atoms with Crippen LogP contribution >= 0.6 is 0 Å². The molecule has 0 radical (unpaired) electrons. The minimum atomic E-state index is 0.252. The van der Waals surface area contributed by atoms with Crippen molar-refractivity contribution in [3.8, 4) is 5.75 Å². The van der Waals surface area contributed by atoms with Gasteiger partial charge in [-0.1, -0.05) is 18.2 Å². The fourth-order valence-corrected chi connectivity index (χ4v) is 4.51. The number of ether oxygens (including phenoxy) is 1. The van der Waals surface area contributed by atoms with E-state index in [0.29, 0.717) is 25.0 Å². The van der Waals surface area contributed by atoms with Gasteiger partial charge in [0.05, 0.1) is 13.0 Å². The molecule has 5 rings (SSSR count). The molecule has 3 saturated heterocycles. The third-order valence-electron chi connectivity index (χ3n) is 5.83. The molecule has 148 valence electrons. The summed E-state index contributed by atoms with van der Waals surface area (Å²) < 4.78 is 5.49. The van der Waals surface area contributed by atoms with Crippen molar-refractivity contribution in [3.05, 3.63) is 59.9 Å². The van der Waals surface area contributed by atoms with Crippen LogP contribution in [0.4, 0.5) is 0 Å². The van der Waals surface area contributed by atoms with Gasteiger partial charge in [0, 0.05) is 44.6 Å². The number of aromatic nitrogens is 1. The number of rotatable bonds is 6. The summed E-state index contributed by atoms with van der Waals surface area (Å²) in [6.45, 7) is 6.47. The lowest BCUT2D eigenvalue weighted by molar-refractivity contribution is -0.134. The lowest BCUT2D eigenvalue weighted by atomic mass is 9.94. The van der Waals surface area contributed by atoms with E-state index in [9.17, 15) is 4.79 Å². The largest absolute Gasteiger partial charge is 0.494 e. The molecule has 0 unspecified atom stereocenters. The molecule has 1 aromatic carbocycles. The van der Waals surface area contributed by atoms with Crippen LogP contribution in [-0.2, 0) is 17.8 Å². The summed E-state index contributed by atoms with van der Waals surface area (Å²) in [5.41, 5.74) is 2.30. The molecule has 3 aliphatic rings. The van der Waals surface area contributed by atoms with Crippen LogP contribution in [-0.4, -0.2) is 53.0 Å². The second-order valence-corrected chi connectivity index (χ2v) is 7.95. The minimum absolute atomic E-state index is 0.252. The van der Waals surface area contributed by atoms with Gasteiger partial charge in [-0.2, -0.15) is 0 Å². The Morgan fingerprint density at radius 1 is 1.11 bits per heavy atom. The lowest BCUT2D eigenvalue weighted by Crippen LogP contribution is -2.48. The predicted molar refractivity (Wildman–Crippen MR) is 109 cm³/mol. The number of amides is 1. The quantitative estimate of drug-likeness (QED) is 0.774. The normalized spacial score (nSPS) is 22.1. The van der Waals surface area contributed by atoms with Gasteiger partial charge >= 0.3 is 0 Å². The number of benzene rings is 1. The lowest BCUT2D eigenvalue weighted by Gasteiger charge is -2.36. The second kappa shape index (κ2) is 8.74. The number of hydrogen-bond donors (Lipinski definition) is 0. The van der Waals surface area contributed by atoms with E-state index in [0.717, 1.165) is 43.9 Å². The fraction of sp³-hybridized carbons (Fsp3) is 0.478. The Bertz CT molecular complexity index is 778.